The van der Waals surface area contributed by atoms with Crippen molar-refractivity contribution in [2.45, 2.75) is 19.3 Å². The predicted molar refractivity (Wildman–Crippen MR) is 113 cm³/mol. The van der Waals surface area contributed by atoms with Gasteiger partial charge in [0, 0.05) is 18.8 Å². The number of carbonyl (C=O) groups is 1. The number of nitrogens with one attached hydrogen (secondary N) is 1. The van der Waals surface area contributed by atoms with Crippen LogP contribution >= 0.6 is 11.3 Å². The maximum absolute atomic E-state index is 12.5. The first-order valence-corrected chi connectivity index (χ1v) is 10.1. The average Bonchev–Trinajstić information content (AvgIpc) is 3.37. The molecule has 1 aromatic heterocycles. The van der Waals surface area contributed by atoms with Crippen LogP contribution in [-0.4, -0.2) is 38.2 Å². The van der Waals surface area contributed by atoms with Gasteiger partial charge in [-0.3, -0.25) is 4.79 Å². The van der Waals surface area contributed by atoms with Gasteiger partial charge in [0.05, 0.1) is 30.9 Å². The lowest BCUT2D eigenvalue weighted by molar-refractivity contribution is -0.115. The molecule has 6 nitrogen and oxygen atoms in total. The van der Waals surface area contributed by atoms with E-state index in [0.717, 1.165) is 39.7 Å². The van der Waals surface area contributed by atoms with Gasteiger partial charge < -0.3 is 19.7 Å². The summed E-state index contributed by atoms with van der Waals surface area (Å²) in [5.74, 6) is 1.19. The zero-order valence-electron chi connectivity index (χ0n) is 16.0. The second kappa shape index (κ2) is 8.06. The maximum Gasteiger partial charge on any atom is 0.228 e. The van der Waals surface area contributed by atoms with E-state index < -0.39 is 0 Å². The van der Waals surface area contributed by atoms with Crippen LogP contribution in [0.15, 0.2) is 36.4 Å². The molecule has 1 amide bonds. The average molecular weight is 398 g/mol. The SMILES string of the molecule is COc1ccc(CC(=O)Nc2ccc3nc(N4CCCC4)sc3c2)cc1OC. The topological polar surface area (TPSA) is 63.7 Å². The third-order valence-corrected chi connectivity index (χ3v) is 5.93. The molecule has 0 saturated carbocycles. The van der Waals surface area contributed by atoms with Gasteiger partial charge in [-0.2, -0.15) is 0 Å². The molecular formula is C21H23N3O3S. The molecule has 1 aliphatic rings. The second-order valence-electron chi connectivity index (χ2n) is 6.79. The van der Waals surface area contributed by atoms with E-state index in [9.17, 15) is 4.79 Å². The predicted octanol–water partition coefficient (Wildman–Crippen LogP) is 4.09. The lowest BCUT2D eigenvalue weighted by Gasteiger charge is -2.11. The third-order valence-electron chi connectivity index (χ3n) is 4.85. The number of nitrogens with zero attached hydrogens (tertiary/aromatic N) is 2. The summed E-state index contributed by atoms with van der Waals surface area (Å²) >= 11 is 1.68. The lowest BCUT2D eigenvalue weighted by atomic mass is 10.1. The molecule has 3 aromatic rings. The Bertz CT molecular complexity index is 996. The fourth-order valence-corrected chi connectivity index (χ4v) is 4.47. The highest BCUT2D eigenvalue weighted by Crippen LogP contribution is 2.32. The summed E-state index contributed by atoms with van der Waals surface area (Å²) in [6, 6.07) is 11.4. The molecule has 7 heteroatoms. The Morgan fingerprint density at radius 2 is 1.89 bits per heavy atom. The molecule has 2 heterocycles. The van der Waals surface area contributed by atoms with Crippen LogP contribution in [-0.2, 0) is 11.2 Å². The van der Waals surface area contributed by atoms with E-state index in [1.54, 1.807) is 25.6 Å². The first-order valence-electron chi connectivity index (χ1n) is 9.32. The number of anilines is 2. The van der Waals surface area contributed by atoms with Gasteiger partial charge in [-0.25, -0.2) is 4.98 Å². The van der Waals surface area contributed by atoms with Crippen LogP contribution < -0.4 is 19.7 Å². The molecular weight excluding hydrogens is 374 g/mol. The summed E-state index contributed by atoms with van der Waals surface area (Å²) in [6.07, 6.45) is 2.72. The molecule has 0 radical (unpaired) electrons. The monoisotopic (exact) mass is 397 g/mol. The van der Waals surface area contributed by atoms with E-state index >= 15 is 0 Å². The molecule has 0 spiro atoms. The van der Waals surface area contributed by atoms with Gasteiger partial charge in [-0.05, 0) is 48.7 Å². The highest BCUT2D eigenvalue weighted by atomic mass is 32.1. The van der Waals surface area contributed by atoms with Crippen LogP contribution in [0.3, 0.4) is 0 Å². The van der Waals surface area contributed by atoms with Crippen LogP contribution in [0.4, 0.5) is 10.8 Å². The molecule has 1 N–H and O–H groups in total. The van der Waals surface area contributed by atoms with Gasteiger partial charge in [-0.1, -0.05) is 17.4 Å². The maximum atomic E-state index is 12.5. The van der Waals surface area contributed by atoms with Crippen LogP contribution in [0.1, 0.15) is 18.4 Å². The van der Waals surface area contributed by atoms with Crippen molar-refractivity contribution in [1.82, 2.24) is 4.98 Å². The van der Waals surface area contributed by atoms with Crippen LogP contribution in [0, 0.1) is 0 Å². The molecule has 0 atom stereocenters. The third kappa shape index (κ3) is 3.89. The summed E-state index contributed by atoms with van der Waals surface area (Å²) in [7, 11) is 3.18. The van der Waals surface area contributed by atoms with Gasteiger partial charge in [0.2, 0.25) is 5.91 Å². The first kappa shape index (κ1) is 18.6. The van der Waals surface area contributed by atoms with E-state index in [2.05, 4.69) is 10.2 Å². The Kier molecular flexibility index (Phi) is 5.34. The Balaban J connectivity index is 1.46. The first-order chi connectivity index (χ1) is 13.7. The molecule has 146 valence electrons. The van der Waals surface area contributed by atoms with Crippen molar-refractivity contribution >= 4 is 38.3 Å². The van der Waals surface area contributed by atoms with E-state index in [0.29, 0.717) is 11.5 Å². The summed E-state index contributed by atoms with van der Waals surface area (Å²) in [5.41, 5.74) is 2.63. The number of carbonyl (C=O) groups excluding carboxylic acids is 1. The fraction of sp³-hybridized carbons (Fsp3) is 0.333. The zero-order chi connectivity index (χ0) is 19.5. The Morgan fingerprint density at radius 1 is 1.11 bits per heavy atom. The Labute approximate surface area is 168 Å². The van der Waals surface area contributed by atoms with Crippen molar-refractivity contribution in [2.75, 3.05) is 37.5 Å². The molecule has 1 aliphatic heterocycles. The van der Waals surface area contributed by atoms with Gasteiger partial charge >= 0.3 is 0 Å². The number of rotatable bonds is 6. The smallest absolute Gasteiger partial charge is 0.228 e. The van der Waals surface area contributed by atoms with Gasteiger partial charge in [0.15, 0.2) is 16.6 Å². The van der Waals surface area contributed by atoms with Crippen LogP contribution in [0.2, 0.25) is 0 Å². The number of hydrogen-bond donors (Lipinski definition) is 1. The van der Waals surface area contributed by atoms with Crippen molar-refractivity contribution in [3.8, 4) is 11.5 Å². The number of amides is 1. The molecule has 1 fully saturated rings. The molecule has 0 bridgehead atoms. The van der Waals surface area contributed by atoms with E-state index in [1.807, 2.05) is 36.4 Å². The lowest BCUT2D eigenvalue weighted by Crippen LogP contribution is -2.16. The number of aromatic nitrogens is 1. The Hall–Kier alpha value is -2.80. The molecule has 0 unspecified atom stereocenters. The minimum Gasteiger partial charge on any atom is -0.493 e. The number of ether oxygens (including phenoxy) is 2. The number of thiazole rings is 1. The summed E-state index contributed by atoms with van der Waals surface area (Å²) < 4.78 is 11.6. The van der Waals surface area contributed by atoms with Crippen molar-refractivity contribution in [3.05, 3.63) is 42.0 Å². The summed E-state index contributed by atoms with van der Waals surface area (Å²) in [5, 5.41) is 4.05. The number of benzene rings is 2. The van der Waals surface area contributed by atoms with Crippen molar-refractivity contribution < 1.29 is 14.3 Å². The molecule has 4 rings (SSSR count). The number of hydrogen-bond acceptors (Lipinski definition) is 6. The highest BCUT2D eigenvalue weighted by molar-refractivity contribution is 7.22. The highest BCUT2D eigenvalue weighted by Gasteiger charge is 2.16. The largest absolute Gasteiger partial charge is 0.493 e. The van der Waals surface area contributed by atoms with E-state index in [-0.39, 0.29) is 12.3 Å². The van der Waals surface area contributed by atoms with Crippen molar-refractivity contribution in [2.24, 2.45) is 0 Å². The normalized spacial score (nSPS) is 13.7. The van der Waals surface area contributed by atoms with E-state index in [4.69, 9.17) is 14.5 Å². The minimum absolute atomic E-state index is 0.0733. The van der Waals surface area contributed by atoms with Crippen molar-refractivity contribution in [1.29, 1.82) is 0 Å². The van der Waals surface area contributed by atoms with E-state index in [1.165, 1.54) is 12.8 Å². The molecule has 2 aromatic carbocycles. The Morgan fingerprint density at radius 3 is 2.64 bits per heavy atom. The zero-order valence-corrected chi connectivity index (χ0v) is 16.8. The number of fused-ring (bicyclic) bond motifs is 1. The second-order valence-corrected chi connectivity index (χ2v) is 7.80. The van der Waals surface area contributed by atoms with Crippen LogP contribution in [0.25, 0.3) is 10.2 Å². The summed E-state index contributed by atoms with van der Waals surface area (Å²) in [6.45, 7) is 2.16. The number of methoxy groups -OCH3 is 2. The van der Waals surface area contributed by atoms with Crippen molar-refractivity contribution in [3.63, 3.8) is 0 Å². The fourth-order valence-electron chi connectivity index (χ4n) is 3.42. The molecule has 28 heavy (non-hydrogen) atoms. The molecule has 0 aliphatic carbocycles. The summed E-state index contributed by atoms with van der Waals surface area (Å²) in [4.78, 5) is 19.5. The minimum atomic E-state index is -0.0733. The molecule has 1 saturated heterocycles. The van der Waals surface area contributed by atoms with Gasteiger partial charge in [-0.15, -0.1) is 0 Å². The standard InChI is InChI=1S/C21H23N3O3S/c1-26-17-8-5-14(11-18(17)27-2)12-20(25)22-15-6-7-16-19(13-15)28-21(23-16)24-9-3-4-10-24/h5-8,11,13H,3-4,9-10,12H2,1-2H3,(H,22,25). The van der Waals surface area contributed by atoms with Crippen LogP contribution in [0.5, 0.6) is 11.5 Å². The van der Waals surface area contributed by atoms with Gasteiger partial charge in [0.1, 0.15) is 0 Å². The van der Waals surface area contributed by atoms with Gasteiger partial charge in [0.25, 0.3) is 0 Å². The quantitative estimate of drug-likeness (QED) is 0.679.